The number of methoxy groups -OCH3 is 1. The zero-order chi connectivity index (χ0) is 13.4. The molecule has 0 aliphatic rings. The molecule has 6 heteroatoms. The molecule has 0 aliphatic heterocycles. The van der Waals surface area contributed by atoms with Gasteiger partial charge in [-0.15, -0.1) is 11.3 Å². The molecule has 4 nitrogen and oxygen atoms in total. The van der Waals surface area contributed by atoms with E-state index in [0.29, 0.717) is 12.5 Å². The number of hydrogen-bond donors (Lipinski definition) is 1. The number of nitrogens with two attached hydrogens (primary N) is 1. The molecule has 0 saturated heterocycles. The Morgan fingerprint density at radius 2 is 2.21 bits per heavy atom. The summed E-state index contributed by atoms with van der Waals surface area (Å²) in [5, 5.41) is 0. The van der Waals surface area contributed by atoms with Crippen molar-refractivity contribution in [2.75, 3.05) is 12.8 Å². The minimum Gasteiger partial charge on any atom is -0.497 e. The molecular weight excluding hydrogens is 282 g/mol. The van der Waals surface area contributed by atoms with Gasteiger partial charge in [0.2, 0.25) is 5.95 Å². The second kappa shape index (κ2) is 4.75. The van der Waals surface area contributed by atoms with Gasteiger partial charge in [0, 0.05) is 10.9 Å². The number of fused-ring (bicyclic) bond motifs is 1. The van der Waals surface area contributed by atoms with Crippen molar-refractivity contribution in [2.45, 2.75) is 6.54 Å². The summed E-state index contributed by atoms with van der Waals surface area (Å²) in [6, 6.07) is 9.64. The minimum atomic E-state index is 0.493. The molecule has 0 amide bonds. The molecule has 2 N–H and O–H groups in total. The van der Waals surface area contributed by atoms with Crippen LogP contribution in [0.2, 0.25) is 4.34 Å². The minimum absolute atomic E-state index is 0.493. The number of anilines is 1. The Hall–Kier alpha value is -1.72. The maximum atomic E-state index is 5.98. The van der Waals surface area contributed by atoms with Crippen LogP contribution in [0.25, 0.3) is 11.0 Å². The molecule has 0 radical (unpaired) electrons. The summed E-state index contributed by atoms with van der Waals surface area (Å²) >= 11 is 7.49. The third-order valence-electron chi connectivity index (χ3n) is 2.93. The second-order valence-electron chi connectivity index (χ2n) is 4.12. The molecule has 0 fully saturated rings. The zero-order valence-corrected chi connectivity index (χ0v) is 11.8. The van der Waals surface area contributed by atoms with E-state index < -0.39 is 0 Å². The SMILES string of the molecule is COc1ccc2c(c1)nc(N)n2Cc1ccc(Cl)s1. The fraction of sp³-hybridized carbons (Fsp3) is 0.154. The van der Waals surface area contributed by atoms with E-state index in [-0.39, 0.29) is 0 Å². The Morgan fingerprint density at radius 1 is 1.37 bits per heavy atom. The fourth-order valence-electron chi connectivity index (χ4n) is 2.01. The summed E-state index contributed by atoms with van der Waals surface area (Å²) in [6.45, 7) is 0.673. The standard InChI is InChI=1S/C13H12ClN3OS/c1-18-8-2-4-11-10(6-8)16-13(15)17(11)7-9-3-5-12(14)19-9/h2-6H,7H2,1H3,(H2,15,16). The lowest BCUT2D eigenvalue weighted by Gasteiger charge is -2.04. The molecule has 3 rings (SSSR count). The van der Waals surface area contributed by atoms with Gasteiger partial charge in [-0.2, -0.15) is 0 Å². The van der Waals surface area contributed by atoms with E-state index in [9.17, 15) is 0 Å². The van der Waals surface area contributed by atoms with E-state index in [4.69, 9.17) is 22.1 Å². The third kappa shape index (κ3) is 2.27. The average Bonchev–Trinajstić information content (AvgIpc) is 2.94. The summed E-state index contributed by atoms with van der Waals surface area (Å²) in [4.78, 5) is 5.50. The van der Waals surface area contributed by atoms with Crippen molar-refractivity contribution in [1.29, 1.82) is 0 Å². The Bertz CT molecular complexity index is 735. The number of nitrogens with zero attached hydrogens (tertiary/aromatic N) is 2. The van der Waals surface area contributed by atoms with Crippen LogP contribution in [0, 0.1) is 0 Å². The summed E-state index contributed by atoms with van der Waals surface area (Å²) < 4.78 is 7.93. The first-order chi connectivity index (χ1) is 9.17. The quantitative estimate of drug-likeness (QED) is 0.805. The van der Waals surface area contributed by atoms with E-state index >= 15 is 0 Å². The predicted octanol–water partition coefficient (Wildman–Crippen LogP) is 3.39. The average molecular weight is 294 g/mol. The highest BCUT2D eigenvalue weighted by Gasteiger charge is 2.10. The number of thiophene rings is 1. The summed E-state index contributed by atoms with van der Waals surface area (Å²) in [6.07, 6.45) is 0. The summed E-state index contributed by atoms with van der Waals surface area (Å²) in [5.41, 5.74) is 7.80. The van der Waals surface area contributed by atoms with Crippen LogP contribution in [0.1, 0.15) is 4.88 Å². The van der Waals surface area contributed by atoms with E-state index in [1.165, 1.54) is 0 Å². The predicted molar refractivity (Wildman–Crippen MR) is 79.1 cm³/mol. The Morgan fingerprint density at radius 3 is 2.89 bits per heavy atom. The summed E-state index contributed by atoms with van der Waals surface area (Å²) in [7, 11) is 1.63. The van der Waals surface area contributed by atoms with Crippen molar-refractivity contribution in [3.8, 4) is 5.75 Å². The number of nitrogen functional groups attached to an aromatic ring is 1. The molecule has 19 heavy (non-hydrogen) atoms. The van der Waals surface area contributed by atoms with Gasteiger partial charge >= 0.3 is 0 Å². The first-order valence-electron chi connectivity index (χ1n) is 5.71. The van der Waals surface area contributed by atoms with Gasteiger partial charge < -0.3 is 15.0 Å². The lowest BCUT2D eigenvalue weighted by Crippen LogP contribution is -2.03. The third-order valence-corrected chi connectivity index (χ3v) is 4.14. The maximum absolute atomic E-state index is 5.98. The Kier molecular flexibility index (Phi) is 3.08. The molecule has 0 saturated carbocycles. The monoisotopic (exact) mass is 293 g/mol. The largest absolute Gasteiger partial charge is 0.497 e. The molecule has 1 aromatic carbocycles. The van der Waals surface area contributed by atoms with Crippen LogP contribution in [-0.2, 0) is 6.54 Å². The van der Waals surface area contributed by atoms with E-state index in [0.717, 1.165) is 26.0 Å². The van der Waals surface area contributed by atoms with Crippen molar-refractivity contribution < 1.29 is 4.74 Å². The number of hydrogen-bond acceptors (Lipinski definition) is 4. The highest BCUT2D eigenvalue weighted by molar-refractivity contribution is 7.16. The highest BCUT2D eigenvalue weighted by Crippen LogP contribution is 2.27. The van der Waals surface area contributed by atoms with Crippen LogP contribution in [-0.4, -0.2) is 16.7 Å². The lowest BCUT2D eigenvalue weighted by molar-refractivity contribution is 0.415. The van der Waals surface area contributed by atoms with Crippen LogP contribution in [0.4, 0.5) is 5.95 Å². The molecule has 98 valence electrons. The first-order valence-corrected chi connectivity index (χ1v) is 6.91. The van der Waals surface area contributed by atoms with Crippen LogP contribution in [0.15, 0.2) is 30.3 Å². The van der Waals surface area contributed by atoms with Gasteiger partial charge in [0.1, 0.15) is 5.75 Å². The number of imidazole rings is 1. The van der Waals surface area contributed by atoms with Gasteiger partial charge in [-0.05, 0) is 24.3 Å². The van der Waals surface area contributed by atoms with Crippen LogP contribution in [0.3, 0.4) is 0 Å². The molecule has 0 spiro atoms. The van der Waals surface area contributed by atoms with Crippen molar-refractivity contribution in [3.63, 3.8) is 0 Å². The summed E-state index contributed by atoms with van der Waals surface area (Å²) in [5.74, 6) is 1.27. The van der Waals surface area contributed by atoms with Crippen molar-refractivity contribution in [2.24, 2.45) is 0 Å². The lowest BCUT2D eigenvalue weighted by atomic mass is 10.3. The van der Waals surface area contributed by atoms with E-state index in [1.807, 2.05) is 34.9 Å². The number of halogens is 1. The van der Waals surface area contributed by atoms with Gasteiger partial charge in [0.05, 0.1) is 29.0 Å². The maximum Gasteiger partial charge on any atom is 0.201 e. The topological polar surface area (TPSA) is 53.1 Å². The first kappa shape index (κ1) is 12.3. The molecule has 3 aromatic rings. The van der Waals surface area contributed by atoms with Crippen LogP contribution >= 0.6 is 22.9 Å². The van der Waals surface area contributed by atoms with Gasteiger partial charge in [0.15, 0.2) is 0 Å². The molecule has 2 heterocycles. The highest BCUT2D eigenvalue weighted by atomic mass is 35.5. The number of ether oxygens (including phenoxy) is 1. The van der Waals surface area contributed by atoms with Crippen LogP contribution < -0.4 is 10.5 Å². The Labute approximate surface area is 119 Å². The van der Waals surface area contributed by atoms with Crippen molar-refractivity contribution in [1.82, 2.24) is 9.55 Å². The van der Waals surface area contributed by atoms with Gasteiger partial charge in [-0.1, -0.05) is 11.6 Å². The number of benzene rings is 1. The Balaban J connectivity index is 2.05. The number of aromatic nitrogens is 2. The molecular formula is C13H12ClN3OS. The molecule has 0 bridgehead atoms. The van der Waals surface area contributed by atoms with Crippen LogP contribution in [0.5, 0.6) is 5.75 Å². The number of rotatable bonds is 3. The van der Waals surface area contributed by atoms with Gasteiger partial charge in [-0.3, -0.25) is 0 Å². The van der Waals surface area contributed by atoms with Gasteiger partial charge in [0.25, 0.3) is 0 Å². The fourth-order valence-corrected chi connectivity index (χ4v) is 3.09. The molecule has 0 atom stereocenters. The van der Waals surface area contributed by atoms with Crippen molar-refractivity contribution in [3.05, 3.63) is 39.5 Å². The smallest absolute Gasteiger partial charge is 0.201 e. The van der Waals surface area contributed by atoms with Gasteiger partial charge in [-0.25, -0.2) is 4.98 Å². The van der Waals surface area contributed by atoms with E-state index in [2.05, 4.69) is 4.98 Å². The zero-order valence-electron chi connectivity index (χ0n) is 10.3. The normalized spacial score (nSPS) is 11.1. The van der Waals surface area contributed by atoms with E-state index in [1.54, 1.807) is 18.4 Å². The van der Waals surface area contributed by atoms with Crippen molar-refractivity contribution >= 4 is 39.9 Å². The molecule has 2 aromatic heterocycles. The second-order valence-corrected chi connectivity index (χ2v) is 5.92. The molecule has 0 unspecified atom stereocenters. The molecule has 0 aliphatic carbocycles.